The van der Waals surface area contributed by atoms with Gasteiger partial charge in [-0.25, -0.2) is 9.37 Å². The molecule has 0 saturated heterocycles. The number of para-hydroxylation sites is 1. The van der Waals surface area contributed by atoms with Crippen molar-refractivity contribution in [3.8, 4) is 17.0 Å². The fourth-order valence-electron chi connectivity index (χ4n) is 2.44. The molecular formula is C20H18FN3O3S. The van der Waals surface area contributed by atoms with E-state index in [0.29, 0.717) is 28.7 Å². The summed E-state index contributed by atoms with van der Waals surface area (Å²) in [5.41, 5.74) is 1.75. The van der Waals surface area contributed by atoms with Crippen molar-refractivity contribution in [2.75, 3.05) is 18.5 Å². The van der Waals surface area contributed by atoms with Gasteiger partial charge in [-0.2, -0.15) is 0 Å². The molecule has 2 aromatic carbocycles. The van der Waals surface area contributed by atoms with E-state index in [1.54, 1.807) is 41.8 Å². The Morgan fingerprint density at radius 1 is 1.14 bits per heavy atom. The first-order valence-electron chi connectivity index (χ1n) is 8.58. The summed E-state index contributed by atoms with van der Waals surface area (Å²) in [6.07, 6.45) is 0. The molecule has 0 spiro atoms. The number of hydrogen-bond acceptors (Lipinski definition) is 5. The van der Waals surface area contributed by atoms with Gasteiger partial charge in [0.05, 0.1) is 24.4 Å². The molecular weight excluding hydrogens is 381 g/mol. The summed E-state index contributed by atoms with van der Waals surface area (Å²) in [6, 6.07) is 12.8. The molecule has 0 atom stereocenters. The maximum Gasteiger partial charge on any atom is 0.255 e. The lowest BCUT2D eigenvalue weighted by molar-refractivity contribution is -0.115. The second kappa shape index (κ2) is 9.09. The second-order valence-corrected chi connectivity index (χ2v) is 6.56. The summed E-state index contributed by atoms with van der Waals surface area (Å²) in [5, 5.41) is 7.37. The number of benzene rings is 2. The summed E-state index contributed by atoms with van der Waals surface area (Å²) in [5.74, 6) is -0.659. The van der Waals surface area contributed by atoms with Crippen molar-refractivity contribution in [3.05, 3.63) is 65.3 Å². The van der Waals surface area contributed by atoms with Crippen molar-refractivity contribution < 1.29 is 18.7 Å². The minimum atomic E-state index is -0.401. The Balaban J connectivity index is 1.56. The molecule has 0 saturated carbocycles. The molecule has 0 aliphatic heterocycles. The molecule has 3 rings (SSSR count). The maximum atomic E-state index is 13.0. The number of aromatic nitrogens is 1. The highest BCUT2D eigenvalue weighted by molar-refractivity contribution is 7.14. The third kappa shape index (κ3) is 4.92. The van der Waals surface area contributed by atoms with Crippen LogP contribution >= 0.6 is 11.3 Å². The highest BCUT2D eigenvalue weighted by Gasteiger charge is 2.14. The van der Waals surface area contributed by atoms with Gasteiger partial charge in [0, 0.05) is 10.9 Å². The number of amides is 2. The molecule has 1 heterocycles. The van der Waals surface area contributed by atoms with Crippen molar-refractivity contribution in [2.45, 2.75) is 6.92 Å². The van der Waals surface area contributed by atoms with Crippen LogP contribution in [-0.4, -0.2) is 29.9 Å². The third-order valence-electron chi connectivity index (χ3n) is 3.73. The van der Waals surface area contributed by atoms with E-state index in [4.69, 9.17) is 4.74 Å². The van der Waals surface area contributed by atoms with Crippen molar-refractivity contribution in [1.82, 2.24) is 10.3 Å². The number of hydrogen-bond donors (Lipinski definition) is 2. The lowest BCUT2D eigenvalue weighted by Gasteiger charge is -2.10. The fourth-order valence-corrected chi connectivity index (χ4v) is 3.18. The molecule has 144 valence electrons. The average Bonchev–Trinajstić information content (AvgIpc) is 3.16. The molecule has 0 bridgehead atoms. The molecule has 6 nitrogen and oxygen atoms in total. The normalized spacial score (nSPS) is 10.4. The first kappa shape index (κ1) is 19.5. The van der Waals surface area contributed by atoms with Crippen molar-refractivity contribution >= 4 is 28.3 Å². The van der Waals surface area contributed by atoms with Crippen LogP contribution in [0, 0.1) is 5.82 Å². The molecule has 0 aliphatic rings. The molecule has 2 amide bonds. The summed E-state index contributed by atoms with van der Waals surface area (Å²) in [7, 11) is 0. The molecule has 0 fully saturated rings. The zero-order valence-electron chi connectivity index (χ0n) is 15.1. The van der Waals surface area contributed by atoms with Crippen LogP contribution < -0.4 is 15.4 Å². The summed E-state index contributed by atoms with van der Waals surface area (Å²) >= 11 is 1.25. The van der Waals surface area contributed by atoms with Crippen LogP contribution in [0.4, 0.5) is 9.52 Å². The van der Waals surface area contributed by atoms with Gasteiger partial charge in [0.25, 0.3) is 5.91 Å². The number of carbonyl (C=O) groups is 2. The Kier molecular flexibility index (Phi) is 6.33. The minimum absolute atomic E-state index is 0.204. The largest absolute Gasteiger partial charge is 0.493 e. The van der Waals surface area contributed by atoms with Gasteiger partial charge in [0.2, 0.25) is 5.91 Å². The maximum absolute atomic E-state index is 13.0. The number of thiazole rings is 1. The van der Waals surface area contributed by atoms with E-state index >= 15 is 0 Å². The van der Waals surface area contributed by atoms with E-state index in [9.17, 15) is 14.0 Å². The van der Waals surface area contributed by atoms with Crippen LogP contribution in [0.5, 0.6) is 5.75 Å². The van der Waals surface area contributed by atoms with Crippen LogP contribution in [0.15, 0.2) is 53.9 Å². The van der Waals surface area contributed by atoms with Crippen molar-refractivity contribution in [3.63, 3.8) is 0 Å². The molecule has 2 N–H and O–H groups in total. The van der Waals surface area contributed by atoms with E-state index in [1.165, 1.54) is 23.5 Å². The molecule has 28 heavy (non-hydrogen) atoms. The van der Waals surface area contributed by atoms with Gasteiger partial charge in [-0.05, 0) is 43.3 Å². The van der Waals surface area contributed by atoms with Gasteiger partial charge >= 0.3 is 0 Å². The smallest absolute Gasteiger partial charge is 0.255 e. The van der Waals surface area contributed by atoms with E-state index in [0.717, 1.165) is 5.56 Å². The van der Waals surface area contributed by atoms with Crippen LogP contribution in [-0.2, 0) is 4.79 Å². The highest BCUT2D eigenvalue weighted by atomic mass is 32.1. The quantitative estimate of drug-likeness (QED) is 0.635. The minimum Gasteiger partial charge on any atom is -0.493 e. The topological polar surface area (TPSA) is 80.3 Å². The summed E-state index contributed by atoms with van der Waals surface area (Å²) in [6.45, 7) is 2.06. The number of nitrogens with zero attached hydrogens (tertiary/aromatic N) is 1. The van der Waals surface area contributed by atoms with Crippen LogP contribution in [0.3, 0.4) is 0 Å². The number of anilines is 1. The van der Waals surface area contributed by atoms with E-state index in [2.05, 4.69) is 15.6 Å². The lowest BCUT2D eigenvalue weighted by Crippen LogP contribution is -2.33. The Labute approximate surface area is 165 Å². The van der Waals surface area contributed by atoms with Crippen LogP contribution in [0.2, 0.25) is 0 Å². The van der Waals surface area contributed by atoms with Gasteiger partial charge in [0.15, 0.2) is 5.13 Å². The third-order valence-corrected chi connectivity index (χ3v) is 4.49. The van der Waals surface area contributed by atoms with Gasteiger partial charge < -0.3 is 15.4 Å². The van der Waals surface area contributed by atoms with Crippen molar-refractivity contribution in [2.24, 2.45) is 0 Å². The summed E-state index contributed by atoms with van der Waals surface area (Å²) < 4.78 is 18.4. The Bertz CT molecular complexity index is 973. The predicted octanol–water partition coefficient (Wildman–Crippen LogP) is 3.72. The molecule has 0 unspecified atom stereocenters. The molecule has 3 aromatic rings. The lowest BCUT2D eigenvalue weighted by atomic mass is 10.2. The number of halogens is 1. The number of ether oxygens (including phenoxy) is 1. The van der Waals surface area contributed by atoms with Gasteiger partial charge in [-0.15, -0.1) is 11.3 Å². The molecule has 8 heteroatoms. The monoisotopic (exact) mass is 399 g/mol. The number of nitrogens with one attached hydrogen (secondary N) is 2. The highest BCUT2D eigenvalue weighted by Crippen LogP contribution is 2.25. The molecule has 0 aliphatic carbocycles. The standard InChI is InChI=1S/C20H18FN3O3S/c1-2-27-17-6-4-3-5-15(17)19(26)22-11-18(25)24-20-23-16(12-28-20)13-7-9-14(21)10-8-13/h3-10,12H,2,11H2,1H3,(H,22,26)(H,23,24,25). The zero-order valence-corrected chi connectivity index (χ0v) is 15.9. The average molecular weight is 399 g/mol. The van der Waals surface area contributed by atoms with E-state index in [-0.39, 0.29) is 12.4 Å². The first-order valence-corrected chi connectivity index (χ1v) is 9.46. The number of rotatable bonds is 7. The zero-order chi connectivity index (χ0) is 19.9. The van der Waals surface area contributed by atoms with Crippen molar-refractivity contribution in [1.29, 1.82) is 0 Å². The van der Waals surface area contributed by atoms with Gasteiger partial charge in [-0.3, -0.25) is 9.59 Å². The Hall–Kier alpha value is -3.26. The van der Waals surface area contributed by atoms with E-state index in [1.807, 2.05) is 6.92 Å². The second-order valence-electron chi connectivity index (χ2n) is 5.70. The molecule has 1 aromatic heterocycles. The Morgan fingerprint density at radius 3 is 2.64 bits per heavy atom. The van der Waals surface area contributed by atoms with E-state index < -0.39 is 11.8 Å². The van der Waals surface area contributed by atoms with Crippen LogP contribution in [0.25, 0.3) is 11.3 Å². The fraction of sp³-hybridized carbons (Fsp3) is 0.150. The number of carbonyl (C=O) groups excluding carboxylic acids is 2. The van der Waals surface area contributed by atoms with Gasteiger partial charge in [0.1, 0.15) is 11.6 Å². The van der Waals surface area contributed by atoms with Gasteiger partial charge in [-0.1, -0.05) is 12.1 Å². The Morgan fingerprint density at radius 2 is 1.89 bits per heavy atom. The predicted molar refractivity (Wildman–Crippen MR) is 106 cm³/mol. The van der Waals surface area contributed by atoms with Crippen LogP contribution in [0.1, 0.15) is 17.3 Å². The SMILES string of the molecule is CCOc1ccccc1C(=O)NCC(=O)Nc1nc(-c2ccc(F)cc2)cs1. The molecule has 0 radical (unpaired) electrons. The summed E-state index contributed by atoms with van der Waals surface area (Å²) in [4.78, 5) is 28.7. The first-order chi connectivity index (χ1) is 13.6.